The van der Waals surface area contributed by atoms with Gasteiger partial charge in [-0.2, -0.15) is 0 Å². The van der Waals surface area contributed by atoms with Crippen LogP contribution < -0.4 is 0 Å². The zero-order valence-corrected chi connectivity index (χ0v) is 17.8. The number of carbonyl (C=O) groups excluding carboxylic acids is 3. The number of carbonyl (C=O) groups is 3. The number of rotatable bonds is 9. The van der Waals surface area contributed by atoms with E-state index in [0.29, 0.717) is 0 Å². The van der Waals surface area contributed by atoms with E-state index in [1.54, 1.807) is 13.8 Å². The molecule has 1 unspecified atom stereocenters. The summed E-state index contributed by atoms with van der Waals surface area (Å²) in [5.41, 5.74) is -2.47. The van der Waals surface area contributed by atoms with E-state index in [9.17, 15) is 14.4 Å². The van der Waals surface area contributed by atoms with Crippen molar-refractivity contribution in [3.63, 3.8) is 0 Å². The van der Waals surface area contributed by atoms with Gasteiger partial charge in [0.15, 0.2) is 9.04 Å². The molecule has 0 heterocycles. The van der Waals surface area contributed by atoms with Crippen molar-refractivity contribution in [1.29, 1.82) is 0 Å². The van der Waals surface area contributed by atoms with E-state index in [1.165, 1.54) is 6.92 Å². The summed E-state index contributed by atoms with van der Waals surface area (Å²) in [6, 6.07) is 0. The van der Waals surface area contributed by atoms with Gasteiger partial charge in [-0.15, -0.1) is 0 Å². The summed E-state index contributed by atoms with van der Waals surface area (Å²) in [5.74, 6) is -2.21. The van der Waals surface area contributed by atoms with Gasteiger partial charge < -0.3 is 18.6 Å². The lowest BCUT2D eigenvalue weighted by atomic mass is 9.70. The van der Waals surface area contributed by atoms with Crippen LogP contribution >= 0.6 is 0 Å². The summed E-state index contributed by atoms with van der Waals surface area (Å²) in [4.78, 5) is 37.2. The standard InChI is InChI=1S/C17H32O7Si/c1-9-21-14(19)17(11-23-12(3)18,15(20)22-10-2)13(16(4,5)6)24-25(7)8/h13,25H,9-11H2,1-8H3. The van der Waals surface area contributed by atoms with E-state index < -0.39 is 50.5 Å². The fourth-order valence-corrected chi connectivity index (χ4v) is 3.74. The van der Waals surface area contributed by atoms with Crippen molar-refractivity contribution in [3.05, 3.63) is 0 Å². The molecule has 0 aromatic rings. The molecule has 0 amide bonds. The van der Waals surface area contributed by atoms with Gasteiger partial charge in [0.2, 0.25) is 5.41 Å². The molecule has 0 spiro atoms. The van der Waals surface area contributed by atoms with E-state index in [-0.39, 0.29) is 13.2 Å². The predicted octanol–water partition coefficient (Wildman–Crippen LogP) is 2.08. The molecule has 0 radical (unpaired) electrons. The third-order valence-corrected chi connectivity index (χ3v) is 4.24. The van der Waals surface area contributed by atoms with Crippen molar-refractivity contribution >= 4 is 26.9 Å². The molecule has 0 aromatic heterocycles. The zero-order valence-electron chi connectivity index (χ0n) is 16.6. The van der Waals surface area contributed by atoms with Gasteiger partial charge >= 0.3 is 17.9 Å². The van der Waals surface area contributed by atoms with Gasteiger partial charge in [-0.25, -0.2) is 0 Å². The number of hydrogen-bond donors (Lipinski definition) is 0. The average molecular weight is 377 g/mol. The second-order valence-corrected chi connectivity index (χ2v) is 9.49. The first-order valence-corrected chi connectivity index (χ1v) is 11.3. The third kappa shape index (κ3) is 6.43. The fraction of sp³-hybridized carbons (Fsp3) is 0.824. The van der Waals surface area contributed by atoms with Gasteiger partial charge in [-0.1, -0.05) is 20.8 Å². The lowest BCUT2D eigenvalue weighted by molar-refractivity contribution is -0.193. The van der Waals surface area contributed by atoms with Crippen LogP contribution in [0, 0.1) is 10.8 Å². The Morgan fingerprint density at radius 2 is 1.36 bits per heavy atom. The molecule has 0 aromatic carbocycles. The Hall–Kier alpha value is -1.41. The molecular formula is C17H32O7Si. The molecule has 146 valence electrons. The second-order valence-electron chi connectivity index (χ2n) is 7.12. The molecule has 0 saturated carbocycles. The van der Waals surface area contributed by atoms with Crippen LogP contribution in [0.25, 0.3) is 0 Å². The van der Waals surface area contributed by atoms with Crippen molar-refractivity contribution in [2.24, 2.45) is 10.8 Å². The normalized spacial score (nSPS) is 13.3. The van der Waals surface area contributed by atoms with Crippen LogP contribution in [0.15, 0.2) is 0 Å². The minimum Gasteiger partial charge on any atom is -0.465 e. The first kappa shape index (κ1) is 23.6. The smallest absolute Gasteiger partial charge is 0.329 e. The summed E-state index contributed by atoms with van der Waals surface area (Å²) in [7, 11) is -1.66. The van der Waals surface area contributed by atoms with Crippen LogP contribution in [-0.2, 0) is 33.0 Å². The molecule has 0 aliphatic carbocycles. The van der Waals surface area contributed by atoms with Crippen LogP contribution in [-0.4, -0.2) is 52.9 Å². The topological polar surface area (TPSA) is 88.1 Å². The molecule has 25 heavy (non-hydrogen) atoms. The van der Waals surface area contributed by atoms with Crippen LogP contribution in [0.5, 0.6) is 0 Å². The maximum absolute atomic E-state index is 12.9. The minimum absolute atomic E-state index is 0.0794. The van der Waals surface area contributed by atoms with Gasteiger partial charge in [0.1, 0.15) is 6.61 Å². The minimum atomic E-state index is -1.87. The van der Waals surface area contributed by atoms with E-state index in [0.717, 1.165) is 0 Å². The lowest BCUT2D eigenvalue weighted by Crippen LogP contribution is -2.60. The largest absolute Gasteiger partial charge is 0.465 e. The lowest BCUT2D eigenvalue weighted by Gasteiger charge is -2.43. The van der Waals surface area contributed by atoms with Crippen molar-refractivity contribution in [3.8, 4) is 0 Å². The van der Waals surface area contributed by atoms with Crippen molar-refractivity contribution in [1.82, 2.24) is 0 Å². The number of esters is 3. The Morgan fingerprint density at radius 1 is 0.920 bits per heavy atom. The fourth-order valence-electron chi connectivity index (χ4n) is 2.56. The molecule has 0 rings (SSSR count). The predicted molar refractivity (Wildman–Crippen MR) is 95.5 cm³/mol. The number of ether oxygens (including phenoxy) is 3. The number of hydrogen-bond acceptors (Lipinski definition) is 7. The van der Waals surface area contributed by atoms with Gasteiger partial charge in [-0.3, -0.25) is 14.4 Å². The van der Waals surface area contributed by atoms with Gasteiger partial charge in [0, 0.05) is 6.92 Å². The molecule has 0 fully saturated rings. The first-order chi connectivity index (χ1) is 11.4. The van der Waals surface area contributed by atoms with E-state index in [2.05, 4.69) is 0 Å². The van der Waals surface area contributed by atoms with Gasteiger partial charge in [-0.05, 0) is 32.4 Å². The molecule has 0 saturated heterocycles. The van der Waals surface area contributed by atoms with Crippen molar-refractivity contribution < 1.29 is 33.0 Å². The highest BCUT2D eigenvalue weighted by molar-refractivity contribution is 6.48. The summed E-state index contributed by atoms with van der Waals surface area (Å²) < 4.78 is 21.5. The maximum Gasteiger partial charge on any atom is 0.329 e. The molecule has 0 aliphatic rings. The summed E-state index contributed by atoms with van der Waals surface area (Å²) in [6.45, 7) is 13.6. The molecular weight excluding hydrogens is 344 g/mol. The highest BCUT2D eigenvalue weighted by atomic mass is 28.3. The van der Waals surface area contributed by atoms with Crippen molar-refractivity contribution in [2.75, 3.05) is 19.8 Å². The Bertz CT molecular complexity index is 450. The van der Waals surface area contributed by atoms with Crippen LogP contribution in [0.4, 0.5) is 0 Å². The molecule has 0 N–H and O–H groups in total. The quantitative estimate of drug-likeness (QED) is 0.263. The molecule has 7 nitrogen and oxygen atoms in total. The average Bonchev–Trinajstić information content (AvgIpc) is 2.45. The molecule has 1 atom stereocenters. The molecule has 8 heteroatoms. The monoisotopic (exact) mass is 376 g/mol. The summed E-state index contributed by atoms with van der Waals surface area (Å²) >= 11 is 0. The van der Waals surface area contributed by atoms with E-state index in [4.69, 9.17) is 18.6 Å². The maximum atomic E-state index is 12.9. The molecule has 0 bridgehead atoms. The Balaban J connectivity index is 6.36. The van der Waals surface area contributed by atoms with E-state index >= 15 is 0 Å². The summed E-state index contributed by atoms with van der Waals surface area (Å²) in [5, 5.41) is 0. The van der Waals surface area contributed by atoms with Crippen molar-refractivity contribution in [2.45, 2.75) is 60.7 Å². The Labute approximate surface area is 152 Å². The van der Waals surface area contributed by atoms with Crippen LogP contribution in [0.2, 0.25) is 13.1 Å². The SMILES string of the molecule is CCOC(=O)C(COC(C)=O)(C(=O)OCC)C(O[SiH](C)C)C(C)(C)C. The highest BCUT2D eigenvalue weighted by Gasteiger charge is 2.60. The highest BCUT2D eigenvalue weighted by Crippen LogP contribution is 2.40. The Kier molecular flexibility index (Phi) is 9.35. The Morgan fingerprint density at radius 3 is 1.64 bits per heavy atom. The van der Waals surface area contributed by atoms with E-state index in [1.807, 2.05) is 33.9 Å². The van der Waals surface area contributed by atoms with Crippen LogP contribution in [0.3, 0.4) is 0 Å². The zero-order chi connectivity index (χ0) is 19.8. The first-order valence-electron chi connectivity index (χ1n) is 8.56. The van der Waals surface area contributed by atoms with Gasteiger partial charge in [0.05, 0.1) is 19.3 Å². The summed E-state index contributed by atoms with van der Waals surface area (Å²) in [6.07, 6.45) is -0.857. The molecule has 0 aliphatic heterocycles. The van der Waals surface area contributed by atoms with Gasteiger partial charge in [0.25, 0.3) is 0 Å². The second kappa shape index (κ2) is 9.91. The van der Waals surface area contributed by atoms with Crippen LogP contribution in [0.1, 0.15) is 41.5 Å². The third-order valence-electron chi connectivity index (χ3n) is 3.42.